The normalized spacial score (nSPS) is 13.2. The zero-order valence-electron chi connectivity index (χ0n) is 29.6. The minimum absolute atomic E-state index is 0.0836. The minimum Gasteiger partial charge on any atom is -0.456 e. The molecule has 0 aliphatic heterocycles. The summed E-state index contributed by atoms with van der Waals surface area (Å²) < 4.78 is 8.89. The third-order valence-corrected chi connectivity index (χ3v) is 11.6. The number of hydrogen-bond acceptors (Lipinski definition) is 1. The Bertz CT molecular complexity index is 3080. The fraction of sp³-hybridized carbons (Fsp3) is 0.0588. The van der Waals surface area contributed by atoms with Gasteiger partial charge in [-0.3, -0.25) is 0 Å². The smallest absolute Gasteiger partial charge is 0.136 e. The molecule has 0 spiro atoms. The largest absolute Gasteiger partial charge is 0.456 e. The van der Waals surface area contributed by atoms with E-state index in [4.69, 9.17) is 4.42 Å². The Balaban J connectivity index is 1.25. The van der Waals surface area contributed by atoms with E-state index >= 15 is 0 Å². The van der Waals surface area contributed by atoms with Gasteiger partial charge in [0.05, 0.1) is 11.0 Å². The molecule has 10 aromatic rings. The maximum absolute atomic E-state index is 6.38. The van der Waals surface area contributed by atoms with E-state index in [0.29, 0.717) is 0 Å². The molecule has 1 aliphatic rings. The van der Waals surface area contributed by atoms with Crippen LogP contribution in [0.4, 0.5) is 0 Å². The summed E-state index contributed by atoms with van der Waals surface area (Å²) in [6, 6.07) is 64.2. The molecule has 0 atom stereocenters. The monoisotopic (exact) mass is 677 g/mol. The predicted octanol–water partition coefficient (Wildman–Crippen LogP) is 14.0. The summed E-state index contributed by atoms with van der Waals surface area (Å²) in [5.74, 6) is 0. The summed E-state index contributed by atoms with van der Waals surface area (Å²) in [5.41, 5.74) is 17.8. The fourth-order valence-corrected chi connectivity index (χ4v) is 9.19. The molecule has 0 N–H and O–H groups in total. The van der Waals surface area contributed by atoms with Crippen LogP contribution in [0.3, 0.4) is 0 Å². The van der Waals surface area contributed by atoms with Gasteiger partial charge in [-0.1, -0.05) is 153 Å². The summed E-state index contributed by atoms with van der Waals surface area (Å²) in [6.07, 6.45) is 0. The van der Waals surface area contributed by atoms with Crippen LogP contribution in [0, 0.1) is 0 Å². The Kier molecular flexibility index (Phi) is 6.33. The quantitative estimate of drug-likeness (QED) is 0.181. The van der Waals surface area contributed by atoms with Crippen LogP contribution in [0.2, 0.25) is 0 Å². The Morgan fingerprint density at radius 2 is 1.06 bits per heavy atom. The molecule has 0 amide bonds. The highest BCUT2D eigenvalue weighted by Crippen LogP contribution is 2.53. The second-order valence-corrected chi connectivity index (χ2v) is 14.9. The number of rotatable bonds is 4. The van der Waals surface area contributed by atoms with Crippen LogP contribution in [0.5, 0.6) is 0 Å². The number of hydrogen-bond donors (Lipinski definition) is 0. The van der Waals surface area contributed by atoms with Gasteiger partial charge in [-0.05, 0) is 86.5 Å². The third kappa shape index (κ3) is 4.33. The van der Waals surface area contributed by atoms with Crippen molar-refractivity contribution in [3.05, 3.63) is 187 Å². The number of benzene rings is 8. The molecule has 0 fully saturated rings. The SMILES string of the molecule is CC1(C)c2ccccc2-c2c(-c3cccc4c5ccccc5n(-c5cc(-c6ccccc6)cc(-c6cccc7oc8ccccc8c67)c5)c34)cccc21. The number of para-hydroxylation sites is 3. The number of nitrogens with zero attached hydrogens (tertiary/aromatic N) is 1. The predicted molar refractivity (Wildman–Crippen MR) is 222 cm³/mol. The first-order valence-electron chi connectivity index (χ1n) is 18.4. The van der Waals surface area contributed by atoms with Gasteiger partial charge in [0, 0.05) is 38.2 Å². The molecule has 2 heterocycles. The summed E-state index contributed by atoms with van der Waals surface area (Å²) in [4.78, 5) is 0. The summed E-state index contributed by atoms with van der Waals surface area (Å²) >= 11 is 0. The van der Waals surface area contributed by atoms with Crippen molar-refractivity contribution >= 4 is 43.7 Å². The van der Waals surface area contributed by atoms with E-state index in [1.165, 1.54) is 66.3 Å². The fourth-order valence-electron chi connectivity index (χ4n) is 9.19. The molecule has 250 valence electrons. The van der Waals surface area contributed by atoms with Crippen molar-refractivity contribution in [2.24, 2.45) is 0 Å². The first-order chi connectivity index (χ1) is 26.1. The summed E-state index contributed by atoms with van der Waals surface area (Å²) in [7, 11) is 0. The molecule has 0 unspecified atom stereocenters. The summed E-state index contributed by atoms with van der Waals surface area (Å²) in [5, 5.41) is 4.76. The molecule has 2 nitrogen and oxygen atoms in total. The van der Waals surface area contributed by atoms with E-state index < -0.39 is 0 Å². The van der Waals surface area contributed by atoms with Crippen molar-refractivity contribution in [2.75, 3.05) is 0 Å². The lowest BCUT2D eigenvalue weighted by Gasteiger charge is -2.22. The molecule has 53 heavy (non-hydrogen) atoms. The minimum atomic E-state index is -0.0836. The molecule has 11 rings (SSSR count). The molecular formula is C51H35NO. The van der Waals surface area contributed by atoms with Crippen molar-refractivity contribution in [3.63, 3.8) is 0 Å². The second kappa shape index (κ2) is 11.2. The Hall–Kier alpha value is -6.64. The van der Waals surface area contributed by atoms with Crippen molar-refractivity contribution < 1.29 is 4.42 Å². The van der Waals surface area contributed by atoms with Gasteiger partial charge in [0.15, 0.2) is 0 Å². The zero-order valence-corrected chi connectivity index (χ0v) is 29.6. The van der Waals surface area contributed by atoms with Gasteiger partial charge >= 0.3 is 0 Å². The van der Waals surface area contributed by atoms with Crippen molar-refractivity contribution in [2.45, 2.75) is 19.3 Å². The third-order valence-electron chi connectivity index (χ3n) is 11.6. The van der Waals surface area contributed by atoms with Crippen LogP contribution in [0.1, 0.15) is 25.0 Å². The van der Waals surface area contributed by atoms with Crippen molar-refractivity contribution in [1.82, 2.24) is 4.57 Å². The van der Waals surface area contributed by atoms with Crippen LogP contribution in [-0.2, 0) is 5.41 Å². The molecule has 0 saturated heterocycles. The highest BCUT2D eigenvalue weighted by Gasteiger charge is 2.37. The zero-order chi connectivity index (χ0) is 35.3. The lowest BCUT2D eigenvalue weighted by molar-refractivity contribution is 0.660. The molecule has 0 radical (unpaired) electrons. The van der Waals surface area contributed by atoms with Gasteiger partial charge in [0.1, 0.15) is 11.2 Å². The molecule has 1 aliphatic carbocycles. The van der Waals surface area contributed by atoms with Gasteiger partial charge in [0.25, 0.3) is 0 Å². The average molecular weight is 678 g/mol. The van der Waals surface area contributed by atoms with Crippen molar-refractivity contribution in [1.29, 1.82) is 0 Å². The lowest BCUT2D eigenvalue weighted by Crippen LogP contribution is -2.14. The average Bonchev–Trinajstić information content (AvgIpc) is 3.84. The second-order valence-electron chi connectivity index (χ2n) is 14.9. The van der Waals surface area contributed by atoms with E-state index in [-0.39, 0.29) is 5.41 Å². The van der Waals surface area contributed by atoms with E-state index in [1.54, 1.807) is 0 Å². The molecule has 0 saturated carbocycles. The Morgan fingerprint density at radius 1 is 0.434 bits per heavy atom. The highest BCUT2D eigenvalue weighted by atomic mass is 16.3. The van der Waals surface area contributed by atoms with Gasteiger partial charge in [-0.25, -0.2) is 0 Å². The maximum Gasteiger partial charge on any atom is 0.136 e. The lowest BCUT2D eigenvalue weighted by atomic mass is 9.82. The maximum atomic E-state index is 6.38. The van der Waals surface area contributed by atoms with Gasteiger partial charge in [-0.15, -0.1) is 0 Å². The number of furan rings is 1. The van der Waals surface area contributed by atoms with E-state index in [2.05, 4.69) is 188 Å². The number of aromatic nitrogens is 1. The molecule has 8 aromatic carbocycles. The van der Waals surface area contributed by atoms with E-state index in [0.717, 1.165) is 38.8 Å². The summed E-state index contributed by atoms with van der Waals surface area (Å²) in [6.45, 7) is 4.72. The molecular weight excluding hydrogens is 643 g/mol. The van der Waals surface area contributed by atoms with Crippen LogP contribution in [0.15, 0.2) is 180 Å². The highest BCUT2D eigenvalue weighted by molar-refractivity contribution is 6.16. The topological polar surface area (TPSA) is 18.1 Å². The van der Waals surface area contributed by atoms with E-state index in [9.17, 15) is 0 Å². The Morgan fingerprint density at radius 3 is 1.96 bits per heavy atom. The van der Waals surface area contributed by atoms with Gasteiger partial charge < -0.3 is 8.98 Å². The van der Waals surface area contributed by atoms with Crippen LogP contribution < -0.4 is 0 Å². The molecule has 0 bridgehead atoms. The van der Waals surface area contributed by atoms with Gasteiger partial charge in [-0.2, -0.15) is 0 Å². The standard InChI is InChI=1S/C51H35NO/c1-51(2)43-24-9-6-18-41(43)48-38(21-13-25-44(48)51)40-23-12-22-39-37-17-7-10-26-45(37)52(50(39)40)35-30-33(32-15-4-3-5-16-32)29-34(31-35)36-20-14-28-47-49(36)42-19-8-11-27-46(42)53-47/h3-31H,1-2H3. The van der Waals surface area contributed by atoms with E-state index in [1.807, 2.05) is 6.07 Å². The molecule has 2 heteroatoms. The first kappa shape index (κ1) is 30.0. The Labute approximate surface area is 308 Å². The van der Waals surface area contributed by atoms with Crippen LogP contribution in [-0.4, -0.2) is 4.57 Å². The van der Waals surface area contributed by atoms with Crippen molar-refractivity contribution in [3.8, 4) is 50.2 Å². The number of fused-ring (bicyclic) bond motifs is 9. The first-order valence-corrected chi connectivity index (χ1v) is 18.4. The van der Waals surface area contributed by atoms with Gasteiger partial charge in [0.2, 0.25) is 0 Å². The molecule has 2 aromatic heterocycles. The van der Waals surface area contributed by atoms with Crippen LogP contribution in [0.25, 0.3) is 93.9 Å². The van der Waals surface area contributed by atoms with Crippen LogP contribution >= 0.6 is 0 Å².